The van der Waals surface area contributed by atoms with Crippen LogP contribution in [0.4, 0.5) is 0 Å². The second kappa shape index (κ2) is 11.3. The molecule has 0 fully saturated rings. The van der Waals surface area contributed by atoms with Crippen LogP contribution in [0, 0.1) is 0 Å². The number of aliphatic hydroxyl groups is 1. The Balaban J connectivity index is 1.58. The van der Waals surface area contributed by atoms with E-state index < -0.39 is 6.10 Å². The Morgan fingerprint density at radius 1 is 0.724 bits per heavy atom. The molecule has 0 bridgehead atoms. The highest BCUT2D eigenvalue weighted by Crippen LogP contribution is 2.33. The molecule has 0 aliphatic rings. The second-order valence-electron chi connectivity index (χ2n) is 7.08. The van der Waals surface area contributed by atoms with Crippen LogP contribution >= 0.6 is 0 Å². The van der Waals surface area contributed by atoms with E-state index in [-0.39, 0.29) is 0 Å². The van der Waals surface area contributed by atoms with Crippen LogP contribution in [-0.4, -0.2) is 31.0 Å². The number of benzene rings is 3. The zero-order chi connectivity index (χ0) is 20.3. The molecule has 0 aliphatic carbocycles. The molecule has 1 N–H and O–H groups in total. The van der Waals surface area contributed by atoms with Crippen LogP contribution in [0.15, 0.2) is 66.7 Å². The van der Waals surface area contributed by atoms with Crippen LogP contribution in [0.1, 0.15) is 32.6 Å². The summed E-state index contributed by atoms with van der Waals surface area (Å²) in [5.41, 5.74) is 0. The smallest absolute Gasteiger partial charge is 0.127 e. The average Bonchev–Trinajstić information content (AvgIpc) is 2.76. The molecular weight excluding hydrogens is 364 g/mol. The molecule has 4 heteroatoms. The van der Waals surface area contributed by atoms with Crippen molar-refractivity contribution in [2.45, 2.75) is 38.7 Å². The van der Waals surface area contributed by atoms with Gasteiger partial charge in [0.15, 0.2) is 0 Å². The molecule has 0 aromatic heterocycles. The third-order valence-corrected chi connectivity index (χ3v) is 4.77. The molecule has 154 valence electrons. The largest absolute Gasteiger partial charge is 0.490 e. The van der Waals surface area contributed by atoms with E-state index >= 15 is 0 Å². The lowest BCUT2D eigenvalue weighted by molar-refractivity contribution is 0.0983. The molecule has 1 unspecified atom stereocenters. The zero-order valence-electron chi connectivity index (χ0n) is 17.0. The van der Waals surface area contributed by atoms with E-state index in [0.29, 0.717) is 19.8 Å². The number of ether oxygens (including phenoxy) is 3. The molecule has 3 aromatic carbocycles. The van der Waals surface area contributed by atoms with Gasteiger partial charge >= 0.3 is 0 Å². The van der Waals surface area contributed by atoms with Gasteiger partial charge in [-0.05, 0) is 30.7 Å². The van der Waals surface area contributed by atoms with E-state index in [4.69, 9.17) is 14.2 Å². The summed E-state index contributed by atoms with van der Waals surface area (Å²) in [6, 6.07) is 21.5. The summed E-state index contributed by atoms with van der Waals surface area (Å²) in [6.45, 7) is 3.39. The van der Waals surface area contributed by atoms with E-state index in [1.165, 1.54) is 0 Å². The van der Waals surface area contributed by atoms with Gasteiger partial charge in [-0.2, -0.15) is 0 Å². The maximum atomic E-state index is 10.1. The molecule has 4 nitrogen and oxygen atoms in total. The standard InChI is InChI=1S/C25H30O4/c1-2-3-5-10-20(26)19-29-25-16-15-24(22-13-8-9-14-23(22)25)28-18-17-27-21-11-6-4-7-12-21/h4,6-9,11-16,20,26H,2-3,5,10,17-19H2,1H3. The number of aliphatic hydroxyl groups excluding tert-OH is 1. The van der Waals surface area contributed by atoms with Crippen molar-refractivity contribution in [3.05, 3.63) is 66.7 Å². The van der Waals surface area contributed by atoms with Crippen LogP contribution < -0.4 is 14.2 Å². The van der Waals surface area contributed by atoms with E-state index in [0.717, 1.165) is 53.7 Å². The minimum Gasteiger partial charge on any atom is -0.490 e. The number of hydrogen-bond acceptors (Lipinski definition) is 4. The molecule has 0 radical (unpaired) electrons. The number of unbranched alkanes of at least 4 members (excludes halogenated alkanes) is 2. The van der Waals surface area contributed by atoms with Gasteiger partial charge < -0.3 is 19.3 Å². The Labute approximate surface area is 173 Å². The summed E-state index contributed by atoms with van der Waals surface area (Å²) >= 11 is 0. The van der Waals surface area contributed by atoms with Crippen molar-refractivity contribution in [2.75, 3.05) is 19.8 Å². The number of fused-ring (bicyclic) bond motifs is 1. The van der Waals surface area contributed by atoms with Crippen LogP contribution in [0.2, 0.25) is 0 Å². The summed E-state index contributed by atoms with van der Waals surface area (Å²) < 4.78 is 17.6. The number of rotatable bonds is 12. The average molecular weight is 395 g/mol. The first-order chi connectivity index (χ1) is 14.3. The van der Waals surface area contributed by atoms with Crippen LogP contribution in [0.25, 0.3) is 10.8 Å². The molecule has 0 aliphatic heterocycles. The Kier molecular flexibility index (Phi) is 8.20. The topological polar surface area (TPSA) is 47.9 Å². The normalized spacial score (nSPS) is 11.9. The fourth-order valence-electron chi connectivity index (χ4n) is 3.22. The fourth-order valence-corrected chi connectivity index (χ4v) is 3.22. The van der Waals surface area contributed by atoms with Crippen molar-refractivity contribution in [3.8, 4) is 17.2 Å². The lowest BCUT2D eigenvalue weighted by atomic mass is 10.1. The van der Waals surface area contributed by atoms with Gasteiger partial charge in [0.2, 0.25) is 0 Å². The molecule has 3 aromatic rings. The van der Waals surface area contributed by atoms with E-state index in [2.05, 4.69) is 6.92 Å². The van der Waals surface area contributed by atoms with Crippen molar-refractivity contribution >= 4 is 10.8 Å². The Morgan fingerprint density at radius 3 is 2.03 bits per heavy atom. The zero-order valence-corrected chi connectivity index (χ0v) is 17.0. The molecule has 3 rings (SSSR count). The van der Waals surface area contributed by atoms with E-state index in [1.807, 2.05) is 66.7 Å². The first-order valence-corrected chi connectivity index (χ1v) is 10.4. The van der Waals surface area contributed by atoms with Crippen molar-refractivity contribution in [2.24, 2.45) is 0 Å². The molecule has 29 heavy (non-hydrogen) atoms. The molecule has 0 saturated carbocycles. The van der Waals surface area contributed by atoms with E-state index in [1.54, 1.807) is 0 Å². The lowest BCUT2D eigenvalue weighted by Gasteiger charge is -2.16. The molecular formula is C25H30O4. The third kappa shape index (κ3) is 6.40. The molecule has 0 saturated heterocycles. The van der Waals surface area contributed by atoms with Crippen molar-refractivity contribution in [3.63, 3.8) is 0 Å². The SMILES string of the molecule is CCCCCC(O)COc1ccc(OCCOc2ccccc2)c2ccccc12. The highest BCUT2D eigenvalue weighted by Gasteiger charge is 2.10. The maximum absolute atomic E-state index is 10.1. The summed E-state index contributed by atoms with van der Waals surface area (Å²) in [7, 11) is 0. The molecule has 1 atom stereocenters. The number of para-hydroxylation sites is 1. The Bertz CT molecular complexity index is 863. The molecule has 0 spiro atoms. The predicted molar refractivity (Wildman–Crippen MR) is 117 cm³/mol. The minimum absolute atomic E-state index is 0.304. The first-order valence-electron chi connectivity index (χ1n) is 10.4. The monoisotopic (exact) mass is 394 g/mol. The summed E-state index contributed by atoms with van der Waals surface area (Å²) in [6.07, 6.45) is 3.65. The van der Waals surface area contributed by atoms with Crippen LogP contribution in [0.5, 0.6) is 17.2 Å². The van der Waals surface area contributed by atoms with Gasteiger partial charge in [0.1, 0.15) is 37.1 Å². The first kappa shape index (κ1) is 21.0. The van der Waals surface area contributed by atoms with Gasteiger partial charge in [-0.15, -0.1) is 0 Å². The summed E-state index contributed by atoms with van der Waals surface area (Å²) in [5.74, 6) is 2.40. The van der Waals surface area contributed by atoms with Crippen LogP contribution in [0.3, 0.4) is 0 Å². The molecule has 0 amide bonds. The van der Waals surface area contributed by atoms with Crippen LogP contribution in [-0.2, 0) is 0 Å². The van der Waals surface area contributed by atoms with Gasteiger partial charge in [0, 0.05) is 10.8 Å². The minimum atomic E-state index is -0.439. The quantitative estimate of drug-likeness (QED) is 0.405. The summed E-state index contributed by atoms with van der Waals surface area (Å²) in [5, 5.41) is 12.1. The fraction of sp³-hybridized carbons (Fsp3) is 0.360. The van der Waals surface area contributed by atoms with Crippen molar-refractivity contribution in [1.82, 2.24) is 0 Å². The Hall–Kier alpha value is -2.72. The number of hydrogen-bond donors (Lipinski definition) is 1. The lowest BCUT2D eigenvalue weighted by Crippen LogP contribution is -2.17. The Morgan fingerprint density at radius 2 is 1.34 bits per heavy atom. The van der Waals surface area contributed by atoms with E-state index in [9.17, 15) is 5.11 Å². The van der Waals surface area contributed by atoms with Crippen molar-refractivity contribution in [1.29, 1.82) is 0 Å². The highest BCUT2D eigenvalue weighted by atomic mass is 16.5. The highest BCUT2D eigenvalue weighted by molar-refractivity contribution is 5.93. The third-order valence-electron chi connectivity index (χ3n) is 4.77. The van der Waals surface area contributed by atoms with Crippen molar-refractivity contribution < 1.29 is 19.3 Å². The van der Waals surface area contributed by atoms with Gasteiger partial charge in [0.25, 0.3) is 0 Å². The van der Waals surface area contributed by atoms with Gasteiger partial charge in [-0.3, -0.25) is 0 Å². The van der Waals surface area contributed by atoms with Gasteiger partial charge in [0.05, 0.1) is 6.10 Å². The second-order valence-corrected chi connectivity index (χ2v) is 7.08. The molecule has 0 heterocycles. The van der Waals surface area contributed by atoms with Gasteiger partial charge in [-0.25, -0.2) is 0 Å². The summed E-state index contributed by atoms with van der Waals surface area (Å²) in [4.78, 5) is 0. The predicted octanol–water partition coefficient (Wildman–Crippen LogP) is 5.62. The van der Waals surface area contributed by atoms with Gasteiger partial charge in [-0.1, -0.05) is 68.7 Å². The maximum Gasteiger partial charge on any atom is 0.127 e.